The number of fused-ring (bicyclic) bond motifs is 16. The van der Waals surface area contributed by atoms with E-state index in [1.54, 1.807) is 4.57 Å². The van der Waals surface area contributed by atoms with E-state index in [0.29, 0.717) is 17.2 Å². The third-order valence-electron chi connectivity index (χ3n) is 20.3. The minimum absolute atomic E-state index is 0.0247. The summed E-state index contributed by atoms with van der Waals surface area (Å²) in [5.74, 6) is 1.36. The standard InChI is InChI=1S/C87H82BN3O/c1-82(2,3)54-34-32-53(33-35-54)63-46-55(83(4,5)6)36-43-74(63)91-77-52-60(90-75-44-37-56(84(7,8)9)47-64(75)65-48-57(85(10,11)12)38-45-76(65)90)40-42-71(77)88-70-41-39-59(89-72-28-20-16-24-61(72)62-25-17-21-29-73(62)89)51-68(70)87(69-49-58(86(13,14)15)50-78(91)81(69)88)66-26-18-22-30-79(66)92-80-31-23-19-27-67(80)87/h16-52H,1-15H3/i16D,17D,20D,21D,24D,25D,28D,29D. The summed E-state index contributed by atoms with van der Waals surface area (Å²) < 4.78 is 86.0. The van der Waals surface area contributed by atoms with Crippen LogP contribution in [0.3, 0.4) is 0 Å². The van der Waals surface area contributed by atoms with Crippen molar-refractivity contribution in [1.82, 2.24) is 9.13 Å². The highest BCUT2D eigenvalue weighted by molar-refractivity contribution is 6.99. The Morgan fingerprint density at radius 3 is 1.39 bits per heavy atom. The molecule has 13 aromatic rings. The smallest absolute Gasteiger partial charge is 0.247 e. The van der Waals surface area contributed by atoms with Crippen LogP contribution in [0, 0.1) is 0 Å². The molecule has 0 fully saturated rings. The van der Waals surface area contributed by atoms with Gasteiger partial charge in [0.1, 0.15) is 11.5 Å². The van der Waals surface area contributed by atoms with Gasteiger partial charge in [-0.3, -0.25) is 0 Å². The van der Waals surface area contributed by atoms with Gasteiger partial charge in [0.25, 0.3) is 0 Å². The quantitative estimate of drug-likeness (QED) is 0.164. The highest BCUT2D eigenvalue weighted by Crippen LogP contribution is 2.59. The average molecular weight is 1200 g/mol. The minimum Gasteiger partial charge on any atom is -0.457 e. The summed E-state index contributed by atoms with van der Waals surface area (Å²) in [6.45, 7) is 33.8. The molecule has 2 aromatic heterocycles. The van der Waals surface area contributed by atoms with E-state index in [1.807, 2.05) is 30.3 Å². The minimum atomic E-state index is -1.17. The summed E-state index contributed by atoms with van der Waals surface area (Å²) in [7, 11) is 0. The number of aromatic nitrogens is 2. The number of anilines is 3. The summed E-state index contributed by atoms with van der Waals surface area (Å²) in [6, 6.07) is 61.9. The zero-order valence-corrected chi connectivity index (χ0v) is 55.6. The molecule has 3 aliphatic rings. The molecular weight excluding hydrogens is 1110 g/mol. The Bertz CT molecular complexity index is 5530. The first-order valence-corrected chi connectivity index (χ1v) is 32.6. The molecule has 1 spiro atoms. The van der Waals surface area contributed by atoms with E-state index in [2.05, 4.69) is 259 Å². The van der Waals surface area contributed by atoms with Crippen LogP contribution in [0.25, 0.3) is 66.1 Å². The largest absolute Gasteiger partial charge is 0.457 e. The van der Waals surface area contributed by atoms with Crippen LogP contribution in [0.5, 0.6) is 11.5 Å². The Kier molecular flexibility index (Phi) is 10.7. The van der Waals surface area contributed by atoms with Crippen molar-refractivity contribution in [3.05, 3.63) is 274 Å². The van der Waals surface area contributed by atoms with Gasteiger partial charge >= 0.3 is 0 Å². The van der Waals surface area contributed by atoms with Gasteiger partial charge < -0.3 is 18.8 Å². The van der Waals surface area contributed by atoms with Crippen molar-refractivity contribution in [3.63, 3.8) is 0 Å². The van der Waals surface area contributed by atoms with Crippen molar-refractivity contribution < 1.29 is 15.7 Å². The zero-order valence-electron chi connectivity index (χ0n) is 63.6. The molecule has 0 atom stereocenters. The maximum atomic E-state index is 9.73. The van der Waals surface area contributed by atoms with E-state index >= 15 is 0 Å². The molecule has 5 heterocycles. The molecule has 0 amide bonds. The van der Waals surface area contributed by atoms with Crippen molar-refractivity contribution in [2.75, 3.05) is 4.90 Å². The van der Waals surface area contributed by atoms with E-state index < -0.39 is 41.7 Å². The third-order valence-corrected chi connectivity index (χ3v) is 20.3. The SMILES string of the molecule is [2H]c1c([2H])c([2H])c2c(c1[2H])c1c([2H])c([2H])c([2H])c([2H])c1n2-c1ccc2c(c1)C1(c3ccccc3Oc3ccccc31)c1cc(C(C)(C)C)cc3c1B2c1ccc(-n2c4ccc(C(C)(C)C)cc4c4cc(C(C)(C)C)ccc42)cc1N3c1ccc(C(C)(C)C)cc1-c1ccc(C(C)(C)C)cc1. The molecule has 4 nitrogen and oxygen atoms in total. The molecule has 0 aliphatic carbocycles. The molecule has 3 aliphatic heterocycles. The Hall–Kier alpha value is -9.32. The lowest BCUT2D eigenvalue weighted by Crippen LogP contribution is -2.65. The second-order valence-electron chi connectivity index (χ2n) is 31.2. The number of hydrogen-bond acceptors (Lipinski definition) is 2. The first-order chi connectivity index (χ1) is 47.1. The Morgan fingerprint density at radius 2 is 0.837 bits per heavy atom. The van der Waals surface area contributed by atoms with Gasteiger partial charge in [0.05, 0.1) is 44.1 Å². The normalized spacial score (nSPS) is 15.6. The van der Waals surface area contributed by atoms with Crippen molar-refractivity contribution in [2.24, 2.45) is 0 Å². The van der Waals surface area contributed by atoms with Gasteiger partial charge in [0.2, 0.25) is 6.71 Å². The second-order valence-corrected chi connectivity index (χ2v) is 31.2. The van der Waals surface area contributed by atoms with Crippen LogP contribution in [0.15, 0.2) is 224 Å². The average Bonchev–Trinajstić information content (AvgIpc) is 0.810. The van der Waals surface area contributed by atoms with Gasteiger partial charge in [-0.1, -0.05) is 243 Å². The topological polar surface area (TPSA) is 22.3 Å². The maximum absolute atomic E-state index is 9.73. The molecule has 16 rings (SSSR count). The van der Waals surface area contributed by atoms with Crippen LogP contribution < -0.4 is 26.0 Å². The van der Waals surface area contributed by atoms with Crippen LogP contribution >= 0.6 is 0 Å². The fourth-order valence-electron chi connectivity index (χ4n) is 15.3. The second kappa shape index (κ2) is 19.8. The van der Waals surface area contributed by atoms with Crippen LogP contribution in [0.4, 0.5) is 17.1 Å². The number of hydrogen-bond donors (Lipinski definition) is 0. The summed E-state index contributed by atoms with van der Waals surface area (Å²) in [5.41, 5.74) is 20.0. The predicted molar refractivity (Wildman–Crippen MR) is 392 cm³/mol. The predicted octanol–water partition coefficient (Wildman–Crippen LogP) is 21.1. The highest BCUT2D eigenvalue weighted by Gasteiger charge is 2.55. The molecule has 0 radical (unpaired) electrons. The third kappa shape index (κ3) is 8.63. The fraction of sp³-hybridized carbons (Fsp3) is 0.241. The molecular formula is C87H82BN3O. The van der Waals surface area contributed by atoms with E-state index in [4.69, 9.17) is 7.48 Å². The molecule has 11 aromatic carbocycles. The van der Waals surface area contributed by atoms with Crippen molar-refractivity contribution >= 4 is 83.8 Å². The number of rotatable bonds is 4. The van der Waals surface area contributed by atoms with E-state index in [9.17, 15) is 8.22 Å². The monoisotopic (exact) mass is 1200 g/mol. The number of ether oxygens (including phenoxy) is 1. The summed E-state index contributed by atoms with van der Waals surface area (Å²) in [4.78, 5) is 2.58. The molecule has 0 unspecified atom stereocenters. The van der Waals surface area contributed by atoms with Gasteiger partial charge in [-0.15, -0.1) is 0 Å². The van der Waals surface area contributed by atoms with Gasteiger partial charge in [-0.25, -0.2) is 0 Å². The van der Waals surface area contributed by atoms with E-state index in [1.165, 1.54) is 33.0 Å². The number of nitrogens with zero attached hydrogens (tertiary/aromatic N) is 3. The van der Waals surface area contributed by atoms with Gasteiger partial charge in [0, 0.05) is 61.0 Å². The van der Waals surface area contributed by atoms with Crippen LogP contribution in [0.2, 0.25) is 0 Å². The summed E-state index contributed by atoms with van der Waals surface area (Å²) in [6.07, 6.45) is 0. The molecule has 0 saturated carbocycles. The van der Waals surface area contributed by atoms with Crippen molar-refractivity contribution in [2.45, 2.75) is 136 Å². The first kappa shape index (κ1) is 49.4. The molecule has 5 heteroatoms. The Labute approximate surface area is 555 Å². The Morgan fingerprint density at radius 1 is 0.359 bits per heavy atom. The van der Waals surface area contributed by atoms with E-state index in [0.717, 1.165) is 89.1 Å². The fourth-order valence-corrected chi connectivity index (χ4v) is 15.3. The van der Waals surface area contributed by atoms with Gasteiger partial charge in [-0.2, -0.15) is 0 Å². The molecule has 454 valence electrons. The van der Waals surface area contributed by atoms with Gasteiger partial charge in [-0.05, 0) is 173 Å². The molecule has 0 saturated heterocycles. The highest BCUT2D eigenvalue weighted by atomic mass is 16.5. The van der Waals surface area contributed by atoms with Gasteiger partial charge in [0.15, 0.2) is 0 Å². The number of benzene rings is 11. The zero-order chi connectivity index (χ0) is 70.9. The lowest BCUT2D eigenvalue weighted by atomic mass is 9.29. The molecule has 0 N–H and O–H groups in total. The summed E-state index contributed by atoms with van der Waals surface area (Å²) >= 11 is 0. The van der Waals surface area contributed by atoms with Crippen LogP contribution in [-0.2, 0) is 32.5 Å². The maximum Gasteiger partial charge on any atom is 0.247 e. The number of para-hydroxylation sites is 4. The van der Waals surface area contributed by atoms with Crippen LogP contribution in [-0.4, -0.2) is 15.8 Å². The van der Waals surface area contributed by atoms with E-state index in [-0.39, 0.29) is 67.6 Å². The lowest BCUT2D eigenvalue weighted by molar-refractivity contribution is 0.435. The lowest BCUT2D eigenvalue weighted by Gasteiger charge is -2.51. The van der Waals surface area contributed by atoms with Crippen LogP contribution in [0.1, 0.15) is 165 Å². The van der Waals surface area contributed by atoms with Crippen molar-refractivity contribution in [1.29, 1.82) is 0 Å². The van der Waals surface area contributed by atoms with Crippen molar-refractivity contribution in [3.8, 4) is 34.0 Å². The first-order valence-electron chi connectivity index (χ1n) is 36.6. The molecule has 92 heavy (non-hydrogen) atoms. The molecule has 0 bridgehead atoms. The summed E-state index contributed by atoms with van der Waals surface area (Å²) in [5, 5.41) is 2.44. The Balaban J connectivity index is 1.09.